The van der Waals surface area contributed by atoms with Gasteiger partial charge in [0, 0.05) is 13.2 Å². The molecule has 1 aliphatic carbocycles. The molecule has 0 bridgehead atoms. The van der Waals surface area contributed by atoms with Gasteiger partial charge in [0.2, 0.25) is 5.91 Å². The third-order valence-corrected chi connectivity index (χ3v) is 3.26. The SMILES string of the molecule is CCCOCC(=O)NCC1CCCC1CN. The Kier molecular flexibility index (Phi) is 6.42. The molecule has 1 amide bonds. The van der Waals surface area contributed by atoms with Gasteiger partial charge in [-0.1, -0.05) is 13.3 Å². The smallest absolute Gasteiger partial charge is 0.246 e. The summed E-state index contributed by atoms with van der Waals surface area (Å²) in [7, 11) is 0. The van der Waals surface area contributed by atoms with Crippen molar-refractivity contribution >= 4 is 5.91 Å². The molecule has 0 radical (unpaired) electrons. The second-order valence-electron chi connectivity index (χ2n) is 4.54. The summed E-state index contributed by atoms with van der Waals surface area (Å²) in [5.41, 5.74) is 5.69. The summed E-state index contributed by atoms with van der Waals surface area (Å²) in [5, 5.41) is 2.93. The number of hydrogen-bond acceptors (Lipinski definition) is 3. The normalized spacial score (nSPS) is 24.6. The number of nitrogens with two attached hydrogens (primary N) is 1. The highest BCUT2D eigenvalue weighted by Gasteiger charge is 2.25. The number of rotatable bonds is 7. The Hall–Kier alpha value is -0.610. The summed E-state index contributed by atoms with van der Waals surface area (Å²) >= 11 is 0. The van der Waals surface area contributed by atoms with E-state index in [9.17, 15) is 4.79 Å². The number of carbonyl (C=O) groups excluding carboxylic acids is 1. The minimum Gasteiger partial charge on any atom is -0.372 e. The molecule has 0 spiro atoms. The lowest BCUT2D eigenvalue weighted by Gasteiger charge is -2.18. The minimum atomic E-state index is -0.00359. The van der Waals surface area contributed by atoms with Crippen molar-refractivity contribution < 1.29 is 9.53 Å². The summed E-state index contributed by atoms with van der Waals surface area (Å²) in [6, 6.07) is 0. The van der Waals surface area contributed by atoms with Crippen LogP contribution >= 0.6 is 0 Å². The lowest BCUT2D eigenvalue weighted by molar-refractivity contribution is -0.125. The average molecular weight is 228 g/mol. The van der Waals surface area contributed by atoms with Gasteiger partial charge in [0.25, 0.3) is 0 Å². The van der Waals surface area contributed by atoms with Gasteiger partial charge in [-0.15, -0.1) is 0 Å². The van der Waals surface area contributed by atoms with Crippen molar-refractivity contribution in [1.82, 2.24) is 5.32 Å². The highest BCUT2D eigenvalue weighted by molar-refractivity contribution is 5.77. The van der Waals surface area contributed by atoms with E-state index >= 15 is 0 Å². The van der Waals surface area contributed by atoms with Crippen molar-refractivity contribution in [3.63, 3.8) is 0 Å². The maximum absolute atomic E-state index is 11.4. The van der Waals surface area contributed by atoms with E-state index in [2.05, 4.69) is 5.32 Å². The van der Waals surface area contributed by atoms with Gasteiger partial charge in [0.05, 0.1) is 0 Å². The average Bonchev–Trinajstić information content (AvgIpc) is 2.74. The molecule has 1 fully saturated rings. The first kappa shape index (κ1) is 13.5. The van der Waals surface area contributed by atoms with E-state index in [0.29, 0.717) is 18.4 Å². The number of nitrogens with one attached hydrogen (secondary N) is 1. The molecule has 4 nitrogen and oxygen atoms in total. The second kappa shape index (κ2) is 7.63. The zero-order valence-electron chi connectivity index (χ0n) is 10.2. The molecular weight excluding hydrogens is 204 g/mol. The standard InChI is InChI=1S/C12H24N2O2/c1-2-6-16-9-12(15)14-8-11-5-3-4-10(11)7-13/h10-11H,2-9,13H2,1H3,(H,14,15). The van der Waals surface area contributed by atoms with Crippen molar-refractivity contribution in [3.8, 4) is 0 Å². The predicted molar refractivity (Wildman–Crippen MR) is 64.0 cm³/mol. The molecular formula is C12H24N2O2. The third kappa shape index (κ3) is 4.49. The summed E-state index contributed by atoms with van der Waals surface area (Å²) in [6.07, 6.45) is 4.60. The molecule has 3 N–H and O–H groups in total. The summed E-state index contributed by atoms with van der Waals surface area (Å²) in [4.78, 5) is 11.4. The van der Waals surface area contributed by atoms with Gasteiger partial charge < -0.3 is 15.8 Å². The van der Waals surface area contributed by atoms with E-state index in [4.69, 9.17) is 10.5 Å². The zero-order valence-corrected chi connectivity index (χ0v) is 10.2. The fourth-order valence-electron chi connectivity index (χ4n) is 2.30. The predicted octanol–water partition coefficient (Wildman–Crippen LogP) is 0.904. The van der Waals surface area contributed by atoms with Crippen LogP contribution in [0.1, 0.15) is 32.6 Å². The van der Waals surface area contributed by atoms with Crippen LogP contribution in [0.3, 0.4) is 0 Å². The van der Waals surface area contributed by atoms with Crippen molar-refractivity contribution in [3.05, 3.63) is 0 Å². The summed E-state index contributed by atoms with van der Waals surface area (Å²) in [5.74, 6) is 1.16. The van der Waals surface area contributed by atoms with Gasteiger partial charge in [-0.3, -0.25) is 4.79 Å². The maximum atomic E-state index is 11.4. The number of carbonyl (C=O) groups is 1. The summed E-state index contributed by atoms with van der Waals surface area (Å²) < 4.78 is 5.18. The van der Waals surface area contributed by atoms with Gasteiger partial charge in [-0.2, -0.15) is 0 Å². The van der Waals surface area contributed by atoms with E-state index in [1.807, 2.05) is 6.92 Å². The second-order valence-corrected chi connectivity index (χ2v) is 4.54. The van der Waals surface area contributed by atoms with E-state index in [-0.39, 0.29) is 12.5 Å². The molecule has 0 heterocycles. The van der Waals surface area contributed by atoms with Crippen LogP contribution in [0.15, 0.2) is 0 Å². The van der Waals surface area contributed by atoms with Crippen LogP contribution < -0.4 is 11.1 Å². The Morgan fingerprint density at radius 1 is 1.44 bits per heavy atom. The Morgan fingerprint density at radius 3 is 2.88 bits per heavy atom. The van der Waals surface area contributed by atoms with Crippen LogP contribution in [0, 0.1) is 11.8 Å². The van der Waals surface area contributed by atoms with Crippen molar-refractivity contribution in [2.75, 3.05) is 26.3 Å². The van der Waals surface area contributed by atoms with E-state index in [0.717, 1.165) is 19.5 Å². The molecule has 4 heteroatoms. The molecule has 16 heavy (non-hydrogen) atoms. The molecule has 2 atom stereocenters. The first-order chi connectivity index (χ1) is 7.77. The fourth-order valence-corrected chi connectivity index (χ4v) is 2.30. The monoisotopic (exact) mass is 228 g/mol. The Balaban J connectivity index is 2.11. The third-order valence-electron chi connectivity index (χ3n) is 3.26. The zero-order chi connectivity index (χ0) is 11.8. The largest absolute Gasteiger partial charge is 0.372 e. The van der Waals surface area contributed by atoms with Crippen LogP contribution in [0.25, 0.3) is 0 Å². The van der Waals surface area contributed by atoms with Gasteiger partial charge in [-0.05, 0) is 37.6 Å². The van der Waals surface area contributed by atoms with E-state index < -0.39 is 0 Å². The Labute approximate surface area is 97.9 Å². The Bertz CT molecular complexity index is 209. The molecule has 0 aromatic heterocycles. The fraction of sp³-hybridized carbons (Fsp3) is 0.917. The highest BCUT2D eigenvalue weighted by Crippen LogP contribution is 2.30. The van der Waals surface area contributed by atoms with Crippen molar-refractivity contribution in [1.29, 1.82) is 0 Å². The molecule has 1 saturated carbocycles. The Morgan fingerprint density at radius 2 is 2.19 bits per heavy atom. The molecule has 0 aromatic carbocycles. The van der Waals surface area contributed by atoms with Crippen LogP contribution in [-0.4, -0.2) is 32.2 Å². The van der Waals surface area contributed by atoms with E-state index in [1.54, 1.807) is 0 Å². The van der Waals surface area contributed by atoms with Crippen LogP contribution in [0.2, 0.25) is 0 Å². The number of hydrogen-bond donors (Lipinski definition) is 2. The lowest BCUT2D eigenvalue weighted by Crippen LogP contribution is -2.34. The lowest BCUT2D eigenvalue weighted by atomic mass is 9.96. The number of ether oxygens (including phenoxy) is 1. The van der Waals surface area contributed by atoms with E-state index in [1.165, 1.54) is 19.3 Å². The van der Waals surface area contributed by atoms with Crippen LogP contribution in [0.4, 0.5) is 0 Å². The molecule has 0 saturated heterocycles. The molecule has 1 rings (SSSR count). The molecule has 0 aromatic rings. The van der Waals surface area contributed by atoms with Crippen LogP contribution in [-0.2, 0) is 9.53 Å². The van der Waals surface area contributed by atoms with Gasteiger partial charge >= 0.3 is 0 Å². The van der Waals surface area contributed by atoms with Crippen molar-refractivity contribution in [2.24, 2.45) is 17.6 Å². The molecule has 0 aliphatic heterocycles. The van der Waals surface area contributed by atoms with Gasteiger partial charge in [0.15, 0.2) is 0 Å². The summed E-state index contributed by atoms with van der Waals surface area (Å²) in [6.45, 7) is 4.38. The number of amides is 1. The quantitative estimate of drug-likeness (QED) is 0.636. The molecule has 94 valence electrons. The van der Waals surface area contributed by atoms with Crippen LogP contribution in [0.5, 0.6) is 0 Å². The minimum absolute atomic E-state index is 0.00359. The maximum Gasteiger partial charge on any atom is 0.246 e. The first-order valence-electron chi connectivity index (χ1n) is 6.32. The van der Waals surface area contributed by atoms with Gasteiger partial charge in [-0.25, -0.2) is 0 Å². The molecule has 2 unspecified atom stereocenters. The van der Waals surface area contributed by atoms with Gasteiger partial charge in [0.1, 0.15) is 6.61 Å². The highest BCUT2D eigenvalue weighted by atomic mass is 16.5. The molecule has 1 aliphatic rings. The topological polar surface area (TPSA) is 64.3 Å². The first-order valence-corrected chi connectivity index (χ1v) is 6.32. The van der Waals surface area contributed by atoms with Crippen molar-refractivity contribution in [2.45, 2.75) is 32.6 Å².